The number of cyclic esters (lactones) is 1. The molecule has 0 aliphatic carbocycles. The van der Waals surface area contributed by atoms with E-state index >= 15 is 0 Å². The van der Waals surface area contributed by atoms with Crippen LogP contribution in [0.2, 0.25) is 0 Å². The van der Waals surface area contributed by atoms with E-state index in [2.05, 4.69) is 21.2 Å². The lowest BCUT2D eigenvalue weighted by molar-refractivity contribution is -0.138. The second-order valence-electron chi connectivity index (χ2n) is 7.44. The molecule has 1 aliphatic heterocycles. The van der Waals surface area contributed by atoms with Gasteiger partial charge in [0.15, 0.2) is 11.6 Å². The van der Waals surface area contributed by atoms with Gasteiger partial charge in [0, 0.05) is 27.4 Å². The summed E-state index contributed by atoms with van der Waals surface area (Å²) >= 11 is 2.93. The van der Waals surface area contributed by atoms with Crippen molar-refractivity contribution in [2.24, 2.45) is 5.92 Å². The summed E-state index contributed by atoms with van der Waals surface area (Å²) in [5, 5.41) is 2.07. The molecule has 1 amide bonds. The molecular formula is C24H15BrF2N2O5. The van der Waals surface area contributed by atoms with Gasteiger partial charge in [0.2, 0.25) is 5.78 Å². The quantitative estimate of drug-likeness (QED) is 0.162. The third-order valence-corrected chi connectivity index (χ3v) is 5.85. The molecule has 0 bridgehead atoms. The number of ketones is 2. The fourth-order valence-electron chi connectivity index (χ4n) is 3.66. The normalized spacial score (nSPS) is 15.3. The van der Waals surface area contributed by atoms with Gasteiger partial charge in [0.25, 0.3) is 5.91 Å². The van der Waals surface area contributed by atoms with Crippen LogP contribution in [0, 0.1) is 17.6 Å². The van der Waals surface area contributed by atoms with Gasteiger partial charge < -0.3 is 15.8 Å². The molecule has 3 aromatic carbocycles. The summed E-state index contributed by atoms with van der Waals surface area (Å²) in [5.41, 5.74) is 5.92. The standard InChI is InChI=1S/C24H15BrF2N2O5/c25-16-9-12(26)10-17(27)19(16)29-23(32)21(31)18(20(30)11-4-3-5-13(28)8-11)22-14-6-1-2-7-15(14)24(33)34-22/h1-10,18,22H,28H2,(H,29,32). The average molecular weight is 529 g/mol. The number of halogens is 3. The number of nitrogen functional groups attached to an aromatic ring is 1. The number of carbonyl (C=O) groups excluding carboxylic acids is 4. The highest BCUT2D eigenvalue weighted by molar-refractivity contribution is 9.10. The van der Waals surface area contributed by atoms with Crippen LogP contribution in [0.1, 0.15) is 32.4 Å². The lowest BCUT2D eigenvalue weighted by Crippen LogP contribution is -2.38. The van der Waals surface area contributed by atoms with Crippen LogP contribution in [0.25, 0.3) is 0 Å². The molecule has 172 valence electrons. The SMILES string of the molecule is Nc1cccc(C(=O)C(C(=O)C(=O)Nc2c(F)cc(F)cc2Br)C2OC(=O)c3ccccc32)c1. The van der Waals surface area contributed by atoms with Crippen molar-refractivity contribution in [3.8, 4) is 0 Å². The van der Waals surface area contributed by atoms with Crippen LogP contribution in [0.5, 0.6) is 0 Å². The number of nitrogens with one attached hydrogen (secondary N) is 1. The molecule has 0 aromatic heterocycles. The Balaban J connectivity index is 1.74. The van der Waals surface area contributed by atoms with Crippen molar-refractivity contribution < 1.29 is 32.7 Å². The van der Waals surface area contributed by atoms with E-state index in [1.54, 1.807) is 12.1 Å². The number of hydrogen-bond donors (Lipinski definition) is 2. The highest BCUT2D eigenvalue weighted by atomic mass is 79.9. The zero-order chi connectivity index (χ0) is 24.6. The van der Waals surface area contributed by atoms with Crippen LogP contribution in [0.3, 0.4) is 0 Å². The minimum atomic E-state index is -1.78. The topological polar surface area (TPSA) is 116 Å². The van der Waals surface area contributed by atoms with E-state index in [1.165, 1.54) is 36.4 Å². The molecule has 10 heteroatoms. The molecule has 4 rings (SSSR count). The van der Waals surface area contributed by atoms with Gasteiger partial charge in [-0.2, -0.15) is 0 Å². The third kappa shape index (κ3) is 4.32. The van der Waals surface area contributed by atoms with E-state index in [-0.39, 0.29) is 26.9 Å². The summed E-state index contributed by atoms with van der Waals surface area (Å²) in [4.78, 5) is 51.8. The average Bonchev–Trinajstić information content (AvgIpc) is 3.12. The monoisotopic (exact) mass is 528 g/mol. The Hall–Kier alpha value is -3.92. The van der Waals surface area contributed by atoms with Crippen molar-refractivity contribution in [1.82, 2.24) is 0 Å². The molecule has 1 aliphatic rings. The van der Waals surface area contributed by atoms with E-state index in [4.69, 9.17) is 10.5 Å². The van der Waals surface area contributed by atoms with E-state index in [1.807, 2.05) is 0 Å². The maximum atomic E-state index is 14.2. The van der Waals surface area contributed by atoms with Gasteiger partial charge in [-0.1, -0.05) is 30.3 Å². The van der Waals surface area contributed by atoms with Crippen LogP contribution in [-0.2, 0) is 14.3 Å². The second kappa shape index (κ2) is 9.14. The largest absolute Gasteiger partial charge is 0.453 e. The summed E-state index contributed by atoms with van der Waals surface area (Å²) in [6.07, 6.45) is -1.39. The number of ether oxygens (including phenoxy) is 1. The molecule has 0 saturated carbocycles. The van der Waals surface area contributed by atoms with Crippen molar-refractivity contribution >= 4 is 50.7 Å². The molecule has 7 nitrogen and oxygen atoms in total. The molecule has 2 unspecified atom stereocenters. The predicted molar refractivity (Wildman–Crippen MR) is 121 cm³/mol. The zero-order valence-corrected chi connectivity index (χ0v) is 18.8. The summed E-state index contributed by atoms with van der Waals surface area (Å²) in [6.45, 7) is 0. The maximum Gasteiger partial charge on any atom is 0.339 e. The van der Waals surface area contributed by atoms with Crippen LogP contribution < -0.4 is 11.1 Å². The molecule has 0 spiro atoms. The summed E-state index contributed by atoms with van der Waals surface area (Å²) in [7, 11) is 0. The first-order valence-electron chi connectivity index (χ1n) is 9.86. The van der Waals surface area contributed by atoms with Crippen LogP contribution >= 0.6 is 15.9 Å². The number of benzene rings is 3. The highest BCUT2D eigenvalue weighted by Gasteiger charge is 2.46. The second-order valence-corrected chi connectivity index (χ2v) is 8.30. The number of nitrogens with two attached hydrogens (primary N) is 1. The number of hydrogen-bond acceptors (Lipinski definition) is 6. The van der Waals surface area contributed by atoms with Gasteiger partial charge in [0.05, 0.1) is 11.3 Å². The Morgan fingerprint density at radius 2 is 1.76 bits per heavy atom. The van der Waals surface area contributed by atoms with Crippen molar-refractivity contribution in [2.75, 3.05) is 11.1 Å². The van der Waals surface area contributed by atoms with E-state index in [0.29, 0.717) is 6.07 Å². The fraction of sp³-hybridized carbons (Fsp3) is 0.0833. The molecular weight excluding hydrogens is 514 g/mol. The van der Waals surface area contributed by atoms with Crippen LogP contribution in [0.4, 0.5) is 20.2 Å². The molecule has 3 N–H and O–H groups in total. The van der Waals surface area contributed by atoms with E-state index in [9.17, 15) is 28.0 Å². The number of carbonyl (C=O) groups is 4. The molecule has 2 atom stereocenters. The number of rotatable bonds is 6. The van der Waals surface area contributed by atoms with Gasteiger partial charge in [0.1, 0.15) is 17.8 Å². The van der Waals surface area contributed by atoms with Gasteiger partial charge in [-0.15, -0.1) is 0 Å². The number of Topliss-reactive ketones (excluding diaryl/α,β-unsaturated/α-hetero) is 2. The fourth-order valence-corrected chi connectivity index (χ4v) is 4.17. The van der Waals surface area contributed by atoms with Crippen LogP contribution in [0.15, 0.2) is 65.1 Å². The van der Waals surface area contributed by atoms with Crippen molar-refractivity contribution in [3.63, 3.8) is 0 Å². The summed E-state index contributed by atoms with van der Waals surface area (Å²) < 4.78 is 32.8. The molecule has 1 heterocycles. The van der Waals surface area contributed by atoms with E-state index < -0.39 is 52.8 Å². The van der Waals surface area contributed by atoms with Crippen LogP contribution in [-0.4, -0.2) is 23.4 Å². The smallest absolute Gasteiger partial charge is 0.339 e. The van der Waals surface area contributed by atoms with Gasteiger partial charge in [-0.3, -0.25) is 14.4 Å². The zero-order valence-electron chi connectivity index (χ0n) is 17.2. The third-order valence-electron chi connectivity index (χ3n) is 5.23. The first-order chi connectivity index (χ1) is 16.2. The lowest BCUT2D eigenvalue weighted by Gasteiger charge is -2.21. The molecule has 3 aromatic rings. The maximum absolute atomic E-state index is 14.2. The molecule has 0 radical (unpaired) electrons. The van der Waals surface area contributed by atoms with Gasteiger partial charge >= 0.3 is 5.97 Å². The molecule has 0 saturated heterocycles. The first-order valence-corrected chi connectivity index (χ1v) is 10.7. The Kier molecular flexibility index (Phi) is 6.25. The first kappa shape index (κ1) is 23.2. The van der Waals surface area contributed by atoms with Crippen molar-refractivity contribution in [2.45, 2.75) is 6.10 Å². The van der Waals surface area contributed by atoms with Crippen molar-refractivity contribution in [3.05, 3.63) is 93.5 Å². The highest BCUT2D eigenvalue weighted by Crippen LogP contribution is 2.38. The Morgan fingerprint density at radius 1 is 1.03 bits per heavy atom. The summed E-state index contributed by atoms with van der Waals surface area (Å²) in [5.74, 6) is -8.03. The Labute approximate surface area is 200 Å². The lowest BCUT2D eigenvalue weighted by atomic mass is 9.84. The summed E-state index contributed by atoms with van der Waals surface area (Å²) in [6, 6.07) is 13.3. The Morgan fingerprint density at radius 3 is 2.47 bits per heavy atom. The Bertz CT molecular complexity index is 1340. The van der Waals surface area contributed by atoms with Crippen molar-refractivity contribution in [1.29, 1.82) is 0 Å². The minimum absolute atomic E-state index is 0.0146. The number of fused-ring (bicyclic) bond motifs is 1. The number of amides is 1. The number of esters is 1. The predicted octanol–water partition coefficient (Wildman–Crippen LogP) is 4.23. The number of anilines is 2. The van der Waals surface area contributed by atoms with Gasteiger partial charge in [-0.05, 0) is 40.2 Å². The van der Waals surface area contributed by atoms with E-state index in [0.717, 1.165) is 6.07 Å². The molecule has 34 heavy (non-hydrogen) atoms. The molecule has 0 fully saturated rings. The van der Waals surface area contributed by atoms with Gasteiger partial charge in [-0.25, -0.2) is 13.6 Å². The minimum Gasteiger partial charge on any atom is -0.453 e.